The molecule has 0 aliphatic heterocycles. The van der Waals surface area contributed by atoms with Crippen molar-refractivity contribution in [1.29, 1.82) is 0 Å². The summed E-state index contributed by atoms with van der Waals surface area (Å²) in [6, 6.07) is 11.3. The minimum Gasteiger partial charge on any atom is -0.383 e. The predicted molar refractivity (Wildman–Crippen MR) is 111 cm³/mol. The van der Waals surface area contributed by atoms with E-state index in [1.54, 1.807) is 36.4 Å². The van der Waals surface area contributed by atoms with Crippen molar-refractivity contribution in [2.24, 2.45) is 0 Å². The molecular weight excluding hydrogens is 423 g/mol. The van der Waals surface area contributed by atoms with Gasteiger partial charge in [0, 0.05) is 36.3 Å². The first kappa shape index (κ1) is 22.4. The second-order valence-corrected chi connectivity index (χ2v) is 8.36. The highest BCUT2D eigenvalue weighted by atomic mass is 35.5. The van der Waals surface area contributed by atoms with Crippen LogP contribution in [0.5, 0.6) is 0 Å². The number of amides is 1. The van der Waals surface area contributed by atoms with Gasteiger partial charge in [-0.15, -0.1) is 0 Å². The Kier molecular flexibility index (Phi) is 8.47. The molecule has 150 valence electrons. The average Bonchev–Trinajstić information content (AvgIpc) is 2.66. The smallest absolute Gasteiger partial charge is 0.244 e. The Bertz CT molecular complexity index is 945. The van der Waals surface area contributed by atoms with Crippen molar-refractivity contribution in [2.45, 2.75) is 11.4 Å². The summed E-state index contributed by atoms with van der Waals surface area (Å²) < 4.78 is 31.4. The first-order valence-corrected chi connectivity index (χ1v) is 10.5. The Hall–Kier alpha value is -1.90. The van der Waals surface area contributed by atoms with Gasteiger partial charge in [-0.1, -0.05) is 41.4 Å². The summed E-state index contributed by atoms with van der Waals surface area (Å²) in [6.07, 6.45) is 2.96. The van der Waals surface area contributed by atoms with Crippen LogP contribution in [0.2, 0.25) is 10.0 Å². The molecule has 0 aliphatic carbocycles. The maximum absolute atomic E-state index is 12.1. The van der Waals surface area contributed by atoms with Crippen LogP contribution < -0.4 is 10.0 Å². The molecule has 2 rings (SSSR count). The number of carbonyl (C=O) groups excluding carboxylic acids is 1. The van der Waals surface area contributed by atoms with Gasteiger partial charge in [0.2, 0.25) is 15.9 Å². The number of sulfonamides is 1. The Morgan fingerprint density at radius 3 is 2.50 bits per heavy atom. The third-order valence-corrected chi connectivity index (χ3v) is 5.71. The second kappa shape index (κ2) is 10.6. The summed E-state index contributed by atoms with van der Waals surface area (Å²) in [7, 11) is -2.08. The third kappa shape index (κ3) is 6.92. The second-order valence-electron chi connectivity index (χ2n) is 5.75. The van der Waals surface area contributed by atoms with Crippen molar-refractivity contribution in [3.05, 3.63) is 69.7 Å². The van der Waals surface area contributed by atoms with Gasteiger partial charge in [-0.3, -0.25) is 4.79 Å². The molecule has 2 aromatic carbocycles. The molecule has 9 heteroatoms. The Balaban J connectivity index is 1.90. The lowest BCUT2D eigenvalue weighted by Gasteiger charge is -2.08. The minimum atomic E-state index is -3.58. The lowest BCUT2D eigenvalue weighted by atomic mass is 10.2. The van der Waals surface area contributed by atoms with E-state index in [0.29, 0.717) is 15.6 Å². The maximum atomic E-state index is 12.1. The van der Waals surface area contributed by atoms with Crippen LogP contribution in [-0.2, 0) is 26.1 Å². The van der Waals surface area contributed by atoms with Gasteiger partial charge in [-0.25, -0.2) is 13.1 Å². The zero-order chi connectivity index (χ0) is 20.6. The van der Waals surface area contributed by atoms with Crippen LogP contribution >= 0.6 is 23.2 Å². The Morgan fingerprint density at radius 1 is 1.14 bits per heavy atom. The molecule has 1 amide bonds. The summed E-state index contributed by atoms with van der Waals surface area (Å²) >= 11 is 11.9. The zero-order valence-corrected chi connectivity index (χ0v) is 17.4. The number of ether oxygens (including phenoxy) is 1. The van der Waals surface area contributed by atoms with E-state index < -0.39 is 10.0 Å². The van der Waals surface area contributed by atoms with Gasteiger partial charge >= 0.3 is 0 Å². The molecule has 0 spiro atoms. The van der Waals surface area contributed by atoms with Crippen molar-refractivity contribution >= 4 is 45.2 Å². The fourth-order valence-corrected chi connectivity index (χ4v) is 3.68. The summed E-state index contributed by atoms with van der Waals surface area (Å²) in [5.74, 6) is -0.302. The lowest BCUT2D eigenvalue weighted by Crippen LogP contribution is -2.27. The zero-order valence-electron chi connectivity index (χ0n) is 15.1. The van der Waals surface area contributed by atoms with E-state index in [0.717, 1.165) is 5.56 Å². The average molecular weight is 443 g/mol. The molecule has 28 heavy (non-hydrogen) atoms. The van der Waals surface area contributed by atoms with E-state index >= 15 is 0 Å². The summed E-state index contributed by atoms with van der Waals surface area (Å²) in [6.45, 7) is 0.744. The normalized spacial score (nSPS) is 11.7. The van der Waals surface area contributed by atoms with Gasteiger partial charge in [0.1, 0.15) is 0 Å². The van der Waals surface area contributed by atoms with E-state index in [4.69, 9.17) is 27.9 Å². The lowest BCUT2D eigenvalue weighted by molar-refractivity contribution is -0.116. The predicted octanol–water partition coefficient (Wildman–Crippen LogP) is 3.25. The van der Waals surface area contributed by atoms with E-state index in [9.17, 15) is 13.2 Å². The maximum Gasteiger partial charge on any atom is 0.244 e. The molecule has 0 heterocycles. The number of benzene rings is 2. The van der Waals surface area contributed by atoms with E-state index in [2.05, 4.69) is 10.0 Å². The monoisotopic (exact) mass is 442 g/mol. The van der Waals surface area contributed by atoms with Crippen LogP contribution in [0, 0.1) is 0 Å². The van der Waals surface area contributed by atoms with Gasteiger partial charge in [0.25, 0.3) is 0 Å². The van der Waals surface area contributed by atoms with Crippen molar-refractivity contribution in [3.63, 3.8) is 0 Å². The standard InChI is InChI=1S/C19H20Cl2N2O4S/c1-27-11-10-23-28(25,26)17-7-2-14(3-8-17)13-22-19(24)9-5-15-4-6-16(20)12-18(15)21/h2-9,12,23H,10-11,13H2,1H3,(H,22,24)/b9-5+. The van der Waals surface area contributed by atoms with E-state index in [-0.39, 0.29) is 30.5 Å². The fourth-order valence-electron chi connectivity index (χ4n) is 2.20. The SMILES string of the molecule is COCCNS(=O)(=O)c1ccc(CNC(=O)/C=C/c2ccc(Cl)cc2Cl)cc1. The molecule has 0 aliphatic rings. The highest BCUT2D eigenvalue weighted by molar-refractivity contribution is 7.89. The molecule has 0 aromatic heterocycles. The summed E-state index contributed by atoms with van der Waals surface area (Å²) in [5.41, 5.74) is 1.44. The number of halogens is 2. The van der Waals surface area contributed by atoms with Crippen LogP contribution in [0.3, 0.4) is 0 Å². The van der Waals surface area contributed by atoms with Crippen LogP contribution in [0.4, 0.5) is 0 Å². The van der Waals surface area contributed by atoms with Crippen LogP contribution in [0.25, 0.3) is 6.08 Å². The van der Waals surface area contributed by atoms with Crippen molar-refractivity contribution in [2.75, 3.05) is 20.3 Å². The van der Waals surface area contributed by atoms with Crippen molar-refractivity contribution in [3.8, 4) is 0 Å². The minimum absolute atomic E-state index is 0.149. The van der Waals surface area contributed by atoms with Crippen molar-refractivity contribution < 1.29 is 17.9 Å². The fraction of sp³-hybridized carbons (Fsp3) is 0.211. The molecule has 0 fully saturated rings. The number of rotatable bonds is 9. The summed E-state index contributed by atoms with van der Waals surface area (Å²) in [5, 5.41) is 3.69. The van der Waals surface area contributed by atoms with Crippen molar-refractivity contribution in [1.82, 2.24) is 10.0 Å². The molecule has 0 saturated carbocycles. The van der Waals surface area contributed by atoms with Crippen LogP contribution in [0.15, 0.2) is 53.4 Å². The molecule has 2 aromatic rings. The van der Waals surface area contributed by atoms with Gasteiger partial charge in [-0.05, 0) is 41.5 Å². The molecular formula is C19H20Cl2N2O4S. The van der Waals surface area contributed by atoms with Gasteiger partial charge in [-0.2, -0.15) is 0 Å². The molecule has 0 bridgehead atoms. The highest BCUT2D eigenvalue weighted by Crippen LogP contribution is 2.21. The third-order valence-electron chi connectivity index (χ3n) is 3.68. The first-order chi connectivity index (χ1) is 13.3. The topological polar surface area (TPSA) is 84.5 Å². The van der Waals surface area contributed by atoms with E-state index in [1.807, 2.05) is 0 Å². The molecule has 0 unspecified atom stereocenters. The molecule has 2 N–H and O–H groups in total. The summed E-state index contributed by atoms with van der Waals surface area (Å²) in [4.78, 5) is 12.1. The highest BCUT2D eigenvalue weighted by Gasteiger charge is 2.12. The largest absolute Gasteiger partial charge is 0.383 e. The molecule has 0 saturated heterocycles. The molecule has 0 atom stereocenters. The number of hydrogen-bond acceptors (Lipinski definition) is 4. The van der Waals surface area contributed by atoms with Gasteiger partial charge in [0.05, 0.1) is 11.5 Å². The first-order valence-electron chi connectivity index (χ1n) is 8.30. The van der Waals surface area contributed by atoms with Gasteiger partial charge < -0.3 is 10.1 Å². The van der Waals surface area contributed by atoms with Crippen LogP contribution in [-0.4, -0.2) is 34.6 Å². The number of hydrogen-bond donors (Lipinski definition) is 2. The Labute approximate surface area is 174 Å². The number of nitrogens with one attached hydrogen (secondary N) is 2. The molecule has 0 radical (unpaired) electrons. The quantitative estimate of drug-likeness (QED) is 0.461. The van der Waals surface area contributed by atoms with Gasteiger partial charge in [0.15, 0.2) is 0 Å². The molecule has 6 nitrogen and oxygen atoms in total. The number of carbonyl (C=O) groups is 1. The Morgan fingerprint density at radius 2 is 1.86 bits per heavy atom. The van der Waals surface area contributed by atoms with Crippen LogP contribution in [0.1, 0.15) is 11.1 Å². The number of methoxy groups -OCH3 is 1. The van der Waals surface area contributed by atoms with E-state index in [1.165, 1.54) is 25.3 Å².